The largest absolute Gasteiger partial charge is 0.385 e. The Hall–Kier alpha value is -2.44. The zero-order chi connectivity index (χ0) is 13.7. The number of amides is 1. The zero-order valence-electron chi connectivity index (χ0n) is 10.8. The van der Waals surface area contributed by atoms with Gasteiger partial charge in [-0.2, -0.15) is 4.98 Å². The Morgan fingerprint density at radius 3 is 2.95 bits per heavy atom. The third kappa shape index (κ3) is 3.27. The molecule has 2 heterocycles. The molecular formula is C12H15N5O2. The molecule has 0 fully saturated rings. The van der Waals surface area contributed by atoms with Crippen molar-refractivity contribution in [2.75, 3.05) is 11.9 Å². The quantitative estimate of drug-likeness (QED) is 0.838. The van der Waals surface area contributed by atoms with Gasteiger partial charge in [0, 0.05) is 18.4 Å². The van der Waals surface area contributed by atoms with Gasteiger partial charge in [-0.05, 0) is 19.9 Å². The van der Waals surface area contributed by atoms with Crippen molar-refractivity contribution >= 4 is 11.6 Å². The molecule has 19 heavy (non-hydrogen) atoms. The van der Waals surface area contributed by atoms with E-state index < -0.39 is 0 Å². The molecular weight excluding hydrogens is 246 g/mol. The van der Waals surface area contributed by atoms with Gasteiger partial charge in [0.25, 0.3) is 5.91 Å². The van der Waals surface area contributed by atoms with E-state index in [1.165, 1.54) is 6.39 Å². The summed E-state index contributed by atoms with van der Waals surface area (Å²) < 4.78 is 4.59. The van der Waals surface area contributed by atoms with E-state index in [2.05, 4.69) is 30.3 Å². The van der Waals surface area contributed by atoms with Crippen molar-refractivity contribution in [2.24, 2.45) is 0 Å². The number of carbonyl (C=O) groups is 1. The molecule has 100 valence electrons. The maximum absolute atomic E-state index is 12.1. The molecule has 0 aliphatic rings. The number of hydrogen-bond donors (Lipinski definition) is 2. The van der Waals surface area contributed by atoms with Gasteiger partial charge in [0.15, 0.2) is 5.82 Å². The van der Waals surface area contributed by atoms with Crippen LogP contribution < -0.4 is 10.6 Å². The summed E-state index contributed by atoms with van der Waals surface area (Å²) in [4.78, 5) is 20.0. The minimum absolute atomic E-state index is 0.217. The highest BCUT2D eigenvalue weighted by molar-refractivity contribution is 5.99. The number of rotatable bonds is 5. The van der Waals surface area contributed by atoms with Crippen LogP contribution in [0, 0.1) is 6.92 Å². The second-order valence-electron chi connectivity index (χ2n) is 3.93. The van der Waals surface area contributed by atoms with Crippen LogP contribution in [0.15, 0.2) is 23.2 Å². The highest BCUT2D eigenvalue weighted by Crippen LogP contribution is 2.15. The molecule has 7 nitrogen and oxygen atoms in total. The topological polar surface area (TPSA) is 92.9 Å². The second kappa shape index (κ2) is 5.94. The zero-order valence-corrected chi connectivity index (χ0v) is 10.8. The number of aromatic nitrogens is 3. The van der Waals surface area contributed by atoms with E-state index >= 15 is 0 Å². The van der Waals surface area contributed by atoms with E-state index in [4.69, 9.17) is 0 Å². The van der Waals surface area contributed by atoms with Crippen LogP contribution >= 0.6 is 0 Å². The van der Waals surface area contributed by atoms with E-state index in [0.717, 1.165) is 17.9 Å². The van der Waals surface area contributed by atoms with Gasteiger partial charge in [0.1, 0.15) is 0 Å². The van der Waals surface area contributed by atoms with Crippen LogP contribution in [0.3, 0.4) is 0 Å². The molecule has 0 spiro atoms. The van der Waals surface area contributed by atoms with Crippen LogP contribution in [0.25, 0.3) is 0 Å². The SMILES string of the molecule is CCNc1cc(C)ncc1C(=O)NCc1ncon1. The van der Waals surface area contributed by atoms with Crippen molar-refractivity contribution < 1.29 is 9.32 Å². The lowest BCUT2D eigenvalue weighted by Crippen LogP contribution is -2.24. The van der Waals surface area contributed by atoms with Crippen molar-refractivity contribution in [2.45, 2.75) is 20.4 Å². The van der Waals surface area contributed by atoms with Gasteiger partial charge in [0.2, 0.25) is 6.39 Å². The summed E-state index contributed by atoms with van der Waals surface area (Å²) in [7, 11) is 0. The molecule has 1 amide bonds. The van der Waals surface area contributed by atoms with Crippen molar-refractivity contribution in [1.82, 2.24) is 20.4 Å². The molecule has 2 aromatic rings. The maximum Gasteiger partial charge on any atom is 0.255 e. The van der Waals surface area contributed by atoms with Crippen molar-refractivity contribution in [1.29, 1.82) is 0 Å². The number of pyridine rings is 1. The lowest BCUT2D eigenvalue weighted by atomic mass is 10.2. The van der Waals surface area contributed by atoms with Crippen LogP contribution in [0.4, 0.5) is 5.69 Å². The lowest BCUT2D eigenvalue weighted by molar-refractivity contribution is 0.0950. The summed E-state index contributed by atoms with van der Waals surface area (Å²) in [5.74, 6) is 0.201. The van der Waals surface area contributed by atoms with E-state index in [1.54, 1.807) is 6.20 Å². The third-order valence-corrected chi connectivity index (χ3v) is 2.47. The molecule has 0 aliphatic carbocycles. The van der Waals surface area contributed by atoms with Gasteiger partial charge in [-0.25, -0.2) is 0 Å². The first kappa shape index (κ1) is 13.0. The van der Waals surface area contributed by atoms with Gasteiger partial charge in [-0.1, -0.05) is 5.16 Å². The molecule has 0 unspecified atom stereocenters. The molecule has 0 aliphatic heterocycles. The molecule has 0 atom stereocenters. The summed E-state index contributed by atoms with van der Waals surface area (Å²) in [5.41, 5.74) is 2.11. The maximum atomic E-state index is 12.1. The molecule has 0 aromatic carbocycles. The Morgan fingerprint density at radius 1 is 1.42 bits per heavy atom. The minimum Gasteiger partial charge on any atom is -0.385 e. The number of aryl methyl sites for hydroxylation is 1. The molecule has 0 bridgehead atoms. The Labute approximate surface area is 110 Å². The first-order chi connectivity index (χ1) is 9.20. The smallest absolute Gasteiger partial charge is 0.255 e. The van der Waals surface area contributed by atoms with Crippen LogP contribution in [0.2, 0.25) is 0 Å². The summed E-state index contributed by atoms with van der Waals surface area (Å²) in [5, 5.41) is 9.48. The van der Waals surface area contributed by atoms with Gasteiger partial charge in [0.05, 0.1) is 17.8 Å². The van der Waals surface area contributed by atoms with Crippen molar-refractivity contribution in [3.63, 3.8) is 0 Å². The summed E-state index contributed by atoms with van der Waals surface area (Å²) in [6.45, 7) is 4.79. The molecule has 2 rings (SSSR count). The predicted octanol–water partition coefficient (Wildman–Crippen LogP) is 1.13. The number of nitrogens with zero attached hydrogens (tertiary/aromatic N) is 3. The van der Waals surface area contributed by atoms with Gasteiger partial charge < -0.3 is 15.2 Å². The van der Waals surface area contributed by atoms with E-state index in [0.29, 0.717) is 11.4 Å². The van der Waals surface area contributed by atoms with Crippen molar-refractivity contribution in [3.8, 4) is 0 Å². The average molecular weight is 261 g/mol. The fourth-order valence-corrected chi connectivity index (χ4v) is 1.60. The van der Waals surface area contributed by atoms with Crippen LogP contribution in [0.1, 0.15) is 28.8 Å². The Morgan fingerprint density at radius 2 is 2.26 bits per heavy atom. The Kier molecular flexibility index (Phi) is 4.07. The Balaban J connectivity index is 2.09. The average Bonchev–Trinajstić information content (AvgIpc) is 2.90. The summed E-state index contributed by atoms with van der Waals surface area (Å²) in [6, 6.07) is 1.84. The molecule has 2 aromatic heterocycles. The third-order valence-electron chi connectivity index (χ3n) is 2.47. The highest BCUT2D eigenvalue weighted by atomic mass is 16.5. The van der Waals surface area contributed by atoms with Gasteiger partial charge >= 0.3 is 0 Å². The fraction of sp³-hybridized carbons (Fsp3) is 0.333. The molecule has 0 saturated heterocycles. The van der Waals surface area contributed by atoms with Crippen LogP contribution in [-0.4, -0.2) is 27.6 Å². The normalized spacial score (nSPS) is 10.2. The number of anilines is 1. The standard InChI is InChI=1S/C12H15N5O2/c1-3-13-10-4-8(2)14-5-9(10)12(18)15-6-11-16-7-19-17-11/h4-5,7H,3,6H2,1-2H3,(H,13,14)(H,15,18). The summed E-state index contributed by atoms with van der Waals surface area (Å²) in [6.07, 6.45) is 2.78. The number of hydrogen-bond acceptors (Lipinski definition) is 6. The van der Waals surface area contributed by atoms with Crippen LogP contribution in [-0.2, 0) is 6.54 Å². The molecule has 0 radical (unpaired) electrons. The second-order valence-corrected chi connectivity index (χ2v) is 3.93. The fourth-order valence-electron chi connectivity index (χ4n) is 1.60. The molecule has 2 N–H and O–H groups in total. The number of carbonyl (C=O) groups excluding carboxylic acids is 1. The van der Waals surface area contributed by atoms with Gasteiger partial charge in [-0.3, -0.25) is 9.78 Å². The number of nitrogens with one attached hydrogen (secondary N) is 2. The van der Waals surface area contributed by atoms with E-state index in [1.807, 2.05) is 19.9 Å². The first-order valence-electron chi connectivity index (χ1n) is 5.94. The predicted molar refractivity (Wildman–Crippen MR) is 68.6 cm³/mol. The van der Waals surface area contributed by atoms with Gasteiger partial charge in [-0.15, -0.1) is 0 Å². The highest BCUT2D eigenvalue weighted by Gasteiger charge is 2.12. The first-order valence-corrected chi connectivity index (χ1v) is 5.94. The monoisotopic (exact) mass is 261 g/mol. The molecule has 7 heteroatoms. The molecule has 0 saturated carbocycles. The van der Waals surface area contributed by atoms with Crippen LogP contribution in [0.5, 0.6) is 0 Å². The minimum atomic E-state index is -0.228. The Bertz CT molecular complexity index is 553. The lowest BCUT2D eigenvalue weighted by Gasteiger charge is -2.10. The summed E-state index contributed by atoms with van der Waals surface area (Å²) >= 11 is 0. The van der Waals surface area contributed by atoms with E-state index in [9.17, 15) is 4.79 Å². The van der Waals surface area contributed by atoms with Crippen molar-refractivity contribution in [3.05, 3.63) is 35.7 Å². The van der Waals surface area contributed by atoms with E-state index in [-0.39, 0.29) is 12.5 Å².